The first-order valence-corrected chi connectivity index (χ1v) is 8.54. The molecule has 0 amide bonds. The molecule has 0 aromatic carbocycles. The van der Waals surface area contributed by atoms with E-state index in [-0.39, 0.29) is 6.29 Å². The summed E-state index contributed by atoms with van der Waals surface area (Å²) in [5, 5.41) is 0. The van der Waals surface area contributed by atoms with Crippen molar-refractivity contribution in [2.24, 2.45) is 40.9 Å². The lowest BCUT2D eigenvalue weighted by atomic mass is 9.63. The minimum absolute atomic E-state index is 0.0494. The van der Waals surface area contributed by atoms with Gasteiger partial charge in [0.05, 0.1) is 6.61 Å². The van der Waals surface area contributed by atoms with Gasteiger partial charge in [0.2, 0.25) is 0 Å². The van der Waals surface area contributed by atoms with E-state index in [2.05, 4.69) is 19.1 Å². The third-order valence-electron chi connectivity index (χ3n) is 6.82. The molecule has 0 aliphatic heterocycles. The second-order valence-electron chi connectivity index (χ2n) is 7.90. The molecule has 2 nitrogen and oxygen atoms in total. The van der Waals surface area contributed by atoms with Crippen LogP contribution in [-0.4, -0.2) is 19.5 Å². The van der Waals surface area contributed by atoms with Crippen LogP contribution in [0.2, 0.25) is 0 Å². The Balaban J connectivity index is 1.45. The third-order valence-corrected chi connectivity index (χ3v) is 6.82. The van der Waals surface area contributed by atoms with Crippen molar-refractivity contribution in [1.29, 1.82) is 0 Å². The second kappa shape index (κ2) is 4.58. The molecule has 0 N–H and O–H groups in total. The molecule has 0 aromatic rings. The maximum atomic E-state index is 6.01. The summed E-state index contributed by atoms with van der Waals surface area (Å²) in [6.45, 7) is 8.17. The van der Waals surface area contributed by atoms with Crippen molar-refractivity contribution >= 4 is 0 Å². The standard InChI is InChI=1S/C18H28O2/c1-4-19-11(2)20-10-18(3)9-14-8-15(18)17-13-6-5-12(7-13)16(14)17/h5-6,11-17H,4,7-10H2,1-3H3. The van der Waals surface area contributed by atoms with Crippen LogP contribution in [0, 0.1) is 40.9 Å². The maximum absolute atomic E-state index is 6.01. The fraction of sp³-hybridized carbons (Fsp3) is 0.889. The topological polar surface area (TPSA) is 18.5 Å². The van der Waals surface area contributed by atoms with Gasteiger partial charge in [0.25, 0.3) is 0 Å². The van der Waals surface area contributed by atoms with Gasteiger partial charge in [-0.2, -0.15) is 0 Å². The molecule has 0 heterocycles. The minimum atomic E-state index is -0.0494. The number of fused-ring (bicyclic) bond motifs is 9. The number of rotatable bonds is 5. The van der Waals surface area contributed by atoms with Gasteiger partial charge < -0.3 is 9.47 Å². The predicted octanol–water partition coefficient (Wildman–Crippen LogP) is 3.87. The lowest BCUT2D eigenvalue weighted by Gasteiger charge is -2.43. The zero-order valence-corrected chi connectivity index (χ0v) is 13.0. The first-order valence-electron chi connectivity index (χ1n) is 8.54. The first-order chi connectivity index (χ1) is 9.62. The van der Waals surface area contributed by atoms with Crippen molar-refractivity contribution in [2.75, 3.05) is 13.2 Å². The van der Waals surface area contributed by atoms with E-state index in [1.807, 2.05) is 13.8 Å². The average molecular weight is 276 g/mol. The van der Waals surface area contributed by atoms with Gasteiger partial charge in [-0.3, -0.25) is 0 Å². The molecular weight excluding hydrogens is 248 g/mol. The Hall–Kier alpha value is -0.340. The molecule has 4 aliphatic rings. The van der Waals surface area contributed by atoms with Crippen LogP contribution in [0.25, 0.3) is 0 Å². The molecule has 3 saturated carbocycles. The molecule has 112 valence electrons. The normalized spacial score (nSPS) is 52.8. The van der Waals surface area contributed by atoms with E-state index in [1.165, 1.54) is 19.3 Å². The Kier molecular flexibility index (Phi) is 3.05. The molecule has 3 fully saturated rings. The molecule has 0 aromatic heterocycles. The fourth-order valence-corrected chi connectivity index (χ4v) is 6.24. The monoisotopic (exact) mass is 276 g/mol. The highest BCUT2D eigenvalue weighted by atomic mass is 16.7. The van der Waals surface area contributed by atoms with Crippen molar-refractivity contribution in [3.63, 3.8) is 0 Å². The smallest absolute Gasteiger partial charge is 0.154 e. The quantitative estimate of drug-likeness (QED) is 0.431. The minimum Gasteiger partial charge on any atom is -0.353 e. The van der Waals surface area contributed by atoms with E-state index in [1.54, 1.807) is 0 Å². The van der Waals surface area contributed by atoms with Crippen LogP contribution >= 0.6 is 0 Å². The zero-order valence-electron chi connectivity index (χ0n) is 13.0. The molecule has 4 aliphatic carbocycles. The van der Waals surface area contributed by atoms with Crippen molar-refractivity contribution in [3.05, 3.63) is 12.2 Å². The molecule has 0 spiro atoms. The van der Waals surface area contributed by atoms with Gasteiger partial charge in [-0.25, -0.2) is 0 Å². The summed E-state index contributed by atoms with van der Waals surface area (Å²) < 4.78 is 11.5. The molecule has 20 heavy (non-hydrogen) atoms. The van der Waals surface area contributed by atoms with Crippen LogP contribution in [0.15, 0.2) is 12.2 Å². The van der Waals surface area contributed by atoms with E-state index in [4.69, 9.17) is 9.47 Å². The lowest BCUT2D eigenvalue weighted by Crippen LogP contribution is -2.40. The molecule has 8 atom stereocenters. The number of hydrogen-bond acceptors (Lipinski definition) is 2. The summed E-state index contributed by atoms with van der Waals surface area (Å²) in [5.74, 6) is 5.68. The van der Waals surface area contributed by atoms with Gasteiger partial charge in [-0.15, -0.1) is 0 Å². The zero-order chi connectivity index (χ0) is 13.9. The van der Waals surface area contributed by atoms with E-state index < -0.39 is 0 Å². The van der Waals surface area contributed by atoms with E-state index in [0.29, 0.717) is 5.41 Å². The Bertz CT molecular complexity index is 418. The summed E-state index contributed by atoms with van der Waals surface area (Å²) in [7, 11) is 0. The lowest BCUT2D eigenvalue weighted by molar-refractivity contribution is -0.156. The van der Waals surface area contributed by atoms with Gasteiger partial charge >= 0.3 is 0 Å². The molecule has 8 unspecified atom stereocenters. The second-order valence-corrected chi connectivity index (χ2v) is 7.90. The predicted molar refractivity (Wildman–Crippen MR) is 79.1 cm³/mol. The van der Waals surface area contributed by atoms with Gasteiger partial charge in [0.1, 0.15) is 0 Å². The van der Waals surface area contributed by atoms with Crippen LogP contribution in [0.3, 0.4) is 0 Å². The molecule has 4 bridgehead atoms. The molecule has 4 rings (SSSR count). The van der Waals surface area contributed by atoms with E-state index in [9.17, 15) is 0 Å². The van der Waals surface area contributed by atoms with Gasteiger partial charge in [-0.05, 0) is 74.0 Å². The number of ether oxygens (including phenoxy) is 2. The van der Waals surface area contributed by atoms with E-state index >= 15 is 0 Å². The first kappa shape index (κ1) is 13.3. The highest BCUT2D eigenvalue weighted by Crippen LogP contribution is 2.70. The summed E-state index contributed by atoms with van der Waals surface area (Å²) in [4.78, 5) is 0. The van der Waals surface area contributed by atoms with Crippen LogP contribution < -0.4 is 0 Å². The molecule has 2 heteroatoms. The molecule has 0 radical (unpaired) electrons. The maximum Gasteiger partial charge on any atom is 0.154 e. The van der Waals surface area contributed by atoms with Crippen LogP contribution in [-0.2, 0) is 9.47 Å². The summed E-state index contributed by atoms with van der Waals surface area (Å²) >= 11 is 0. The summed E-state index contributed by atoms with van der Waals surface area (Å²) in [6.07, 6.45) is 9.30. The number of allylic oxidation sites excluding steroid dienone is 2. The van der Waals surface area contributed by atoms with Crippen molar-refractivity contribution in [1.82, 2.24) is 0 Å². The summed E-state index contributed by atoms with van der Waals surface area (Å²) in [6, 6.07) is 0. The third kappa shape index (κ3) is 1.77. The molecular formula is C18H28O2. The van der Waals surface area contributed by atoms with Crippen molar-refractivity contribution < 1.29 is 9.47 Å². The van der Waals surface area contributed by atoms with Crippen molar-refractivity contribution in [3.8, 4) is 0 Å². The Morgan fingerprint density at radius 3 is 2.65 bits per heavy atom. The van der Waals surface area contributed by atoms with Crippen LogP contribution in [0.5, 0.6) is 0 Å². The fourth-order valence-electron chi connectivity index (χ4n) is 6.24. The average Bonchev–Trinajstić information content (AvgIpc) is 3.14. The Morgan fingerprint density at radius 1 is 1.15 bits per heavy atom. The largest absolute Gasteiger partial charge is 0.353 e. The van der Waals surface area contributed by atoms with E-state index in [0.717, 1.165) is 48.7 Å². The highest BCUT2D eigenvalue weighted by molar-refractivity contribution is 5.22. The van der Waals surface area contributed by atoms with Crippen LogP contribution in [0.4, 0.5) is 0 Å². The number of hydrogen-bond donors (Lipinski definition) is 0. The van der Waals surface area contributed by atoms with Gasteiger partial charge in [0.15, 0.2) is 6.29 Å². The SMILES string of the molecule is CCOC(C)OCC1(C)CC2CC1C1C3C=CC(C3)C21. The highest BCUT2D eigenvalue weighted by Gasteiger charge is 2.64. The summed E-state index contributed by atoms with van der Waals surface area (Å²) in [5.41, 5.74) is 0.398. The Labute approximate surface area is 122 Å². The van der Waals surface area contributed by atoms with Gasteiger partial charge in [-0.1, -0.05) is 19.1 Å². The van der Waals surface area contributed by atoms with Crippen molar-refractivity contribution in [2.45, 2.75) is 46.3 Å². The molecule has 0 saturated heterocycles. The van der Waals surface area contributed by atoms with Gasteiger partial charge in [0, 0.05) is 6.61 Å². The Morgan fingerprint density at radius 2 is 1.90 bits per heavy atom. The van der Waals surface area contributed by atoms with Crippen LogP contribution in [0.1, 0.15) is 40.0 Å².